The number of benzene rings is 2. The van der Waals surface area contributed by atoms with Crippen LogP contribution < -0.4 is 9.64 Å². The molecule has 0 aliphatic carbocycles. The predicted octanol–water partition coefficient (Wildman–Crippen LogP) is 4.18. The average Bonchev–Trinajstić information content (AvgIpc) is 2.78. The number of aromatic nitrogens is 3. The largest absolute Gasteiger partial charge is 0.497 e. The van der Waals surface area contributed by atoms with Gasteiger partial charge >= 0.3 is 0 Å². The van der Waals surface area contributed by atoms with Gasteiger partial charge in [0.2, 0.25) is 0 Å². The summed E-state index contributed by atoms with van der Waals surface area (Å²) >= 11 is 0. The molecule has 6 heteroatoms. The van der Waals surface area contributed by atoms with E-state index >= 15 is 0 Å². The van der Waals surface area contributed by atoms with Gasteiger partial charge in [0.15, 0.2) is 0 Å². The molecule has 0 amide bonds. The first kappa shape index (κ1) is 18.1. The normalized spacial score (nSPS) is 13.7. The molecule has 2 aromatic heterocycles. The van der Waals surface area contributed by atoms with Gasteiger partial charge in [-0.2, -0.15) is 5.26 Å². The lowest BCUT2D eigenvalue weighted by atomic mass is 9.92. The van der Waals surface area contributed by atoms with Crippen LogP contribution in [0.5, 0.6) is 5.75 Å². The summed E-state index contributed by atoms with van der Waals surface area (Å²) in [6.07, 6.45) is 3.45. The highest BCUT2D eigenvalue weighted by Crippen LogP contribution is 2.36. The summed E-state index contributed by atoms with van der Waals surface area (Å²) in [6, 6.07) is 19.9. The van der Waals surface area contributed by atoms with E-state index in [9.17, 15) is 5.26 Å². The molecule has 1 aliphatic heterocycles. The molecule has 1 aliphatic rings. The summed E-state index contributed by atoms with van der Waals surface area (Å²) in [7, 11) is 1.66. The molecule has 0 radical (unpaired) electrons. The molecule has 146 valence electrons. The summed E-state index contributed by atoms with van der Waals surface area (Å²) in [5.74, 6) is 1.75. The van der Waals surface area contributed by atoms with Gasteiger partial charge in [-0.3, -0.25) is 9.97 Å². The third-order valence-electron chi connectivity index (χ3n) is 5.46. The maximum absolute atomic E-state index is 9.62. The number of rotatable bonds is 4. The van der Waals surface area contributed by atoms with Crippen molar-refractivity contribution in [3.8, 4) is 23.1 Å². The lowest BCUT2D eigenvalue weighted by molar-refractivity contribution is 0.415. The van der Waals surface area contributed by atoms with Crippen LogP contribution in [0.4, 0.5) is 5.82 Å². The average molecular weight is 393 g/mol. The highest BCUT2D eigenvalue weighted by atomic mass is 16.5. The Morgan fingerprint density at radius 2 is 1.87 bits per heavy atom. The first-order chi connectivity index (χ1) is 14.8. The van der Waals surface area contributed by atoms with E-state index in [1.54, 1.807) is 19.5 Å². The van der Waals surface area contributed by atoms with Crippen molar-refractivity contribution in [3.05, 3.63) is 78.2 Å². The Hall–Kier alpha value is -3.98. The van der Waals surface area contributed by atoms with Crippen LogP contribution in [0.2, 0.25) is 0 Å². The molecule has 5 rings (SSSR count). The van der Waals surface area contributed by atoms with E-state index in [0.29, 0.717) is 5.56 Å². The van der Waals surface area contributed by atoms with Gasteiger partial charge in [-0.25, -0.2) is 4.98 Å². The van der Waals surface area contributed by atoms with Crippen molar-refractivity contribution in [1.82, 2.24) is 15.0 Å². The van der Waals surface area contributed by atoms with E-state index in [0.717, 1.165) is 52.5 Å². The fraction of sp³-hybridized carbons (Fsp3) is 0.167. The maximum Gasteiger partial charge on any atom is 0.147 e. The maximum atomic E-state index is 9.62. The van der Waals surface area contributed by atoms with Crippen LogP contribution >= 0.6 is 0 Å². The van der Waals surface area contributed by atoms with E-state index < -0.39 is 0 Å². The van der Waals surface area contributed by atoms with Crippen molar-refractivity contribution in [2.24, 2.45) is 0 Å². The lowest BCUT2D eigenvalue weighted by Crippen LogP contribution is -2.46. The molecular weight excluding hydrogens is 374 g/mol. The zero-order valence-electron chi connectivity index (χ0n) is 16.5. The Bertz CT molecular complexity index is 1270. The number of para-hydroxylation sites is 1. The second-order valence-corrected chi connectivity index (χ2v) is 7.29. The van der Waals surface area contributed by atoms with Gasteiger partial charge < -0.3 is 9.64 Å². The second kappa shape index (κ2) is 7.45. The number of methoxy groups -OCH3 is 1. The molecule has 3 heterocycles. The zero-order chi connectivity index (χ0) is 20.5. The lowest BCUT2D eigenvalue weighted by Gasteiger charge is -2.40. The topological polar surface area (TPSA) is 74.9 Å². The molecule has 4 aromatic rings. The number of pyridine rings is 1. The highest BCUT2D eigenvalue weighted by molar-refractivity contribution is 5.83. The van der Waals surface area contributed by atoms with Crippen molar-refractivity contribution in [3.63, 3.8) is 0 Å². The Morgan fingerprint density at radius 3 is 2.70 bits per heavy atom. The molecule has 0 N–H and O–H groups in total. The minimum absolute atomic E-state index is 0.222. The third-order valence-corrected chi connectivity index (χ3v) is 5.46. The third kappa shape index (κ3) is 3.11. The molecule has 0 atom stereocenters. The molecule has 1 saturated heterocycles. The molecule has 2 aromatic carbocycles. The van der Waals surface area contributed by atoms with Gasteiger partial charge in [-0.05, 0) is 24.3 Å². The Balaban J connectivity index is 1.44. The summed E-state index contributed by atoms with van der Waals surface area (Å²) in [6.45, 7) is 1.49. The summed E-state index contributed by atoms with van der Waals surface area (Å²) in [5.41, 5.74) is 4.30. The van der Waals surface area contributed by atoms with E-state index in [1.807, 2.05) is 54.6 Å². The van der Waals surface area contributed by atoms with Crippen molar-refractivity contribution in [2.45, 2.75) is 5.92 Å². The SMILES string of the molecule is COc1cccc(-c2nccnc2C2CN(c3nc4ccccc4cc3C#N)C2)c1. The fourth-order valence-electron chi connectivity index (χ4n) is 3.89. The van der Waals surface area contributed by atoms with Gasteiger partial charge in [0.05, 0.1) is 29.6 Å². The molecule has 6 nitrogen and oxygen atoms in total. The standard InChI is InChI=1S/C24H19N5O/c1-30-20-7-4-6-17(12-20)22-23(27-10-9-26-22)19-14-29(15-19)24-18(13-25)11-16-5-2-3-8-21(16)28-24/h2-12,19H,14-15H2,1H3. The van der Waals surface area contributed by atoms with Crippen LogP contribution in [0, 0.1) is 11.3 Å². The number of hydrogen-bond donors (Lipinski definition) is 0. The van der Waals surface area contributed by atoms with Crippen molar-refractivity contribution < 1.29 is 4.74 Å². The molecule has 0 unspecified atom stereocenters. The predicted molar refractivity (Wildman–Crippen MR) is 115 cm³/mol. The van der Waals surface area contributed by atoms with E-state index in [4.69, 9.17) is 9.72 Å². The van der Waals surface area contributed by atoms with Crippen LogP contribution in [-0.2, 0) is 0 Å². The molecular formula is C24H19N5O. The van der Waals surface area contributed by atoms with Gasteiger partial charge in [0.1, 0.15) is 17.6 Å². The number of fused-ring (bicyclic) bond motifs is 1. The van der Waals surface area contributed by atoms with Crippen molar-refractivity contribution in [1.29, 1.82) is 5.26 Å². The number of ether oxygens (including phenoxy) is 1. The van der Waals surface area contributed by atoms with Crippen molar-refractivity contribution in [2.75, 3.05) is 25.1 Å². The van der Waals surface area contributed by atoms with E-state index in [2.05, 4.69) is 20.9 Å². The number of nitriles is 1. The molecule has 0 saturated carbocycles. The zero-order valence-corrected chi connectivity index (χ0v) is 16.5. The van der Waals surface area contributed by atoms with E-state index in [1.165, 1.54) is 0 Å². The van der Waals surface area contributed by atoms with Gasteiger partial charge in [0, 0.05) is 42.4 Å². The first-order valence-electron chi connectivity index (χ1n) is 9.77. The summed E-state index contributed by atoms with van der Waals surface area (Å²) in [5, 5.41) is 10.6. The van der Waals surface area contributed by atoms with Crippen LogP contribution in [0.25, 0.3) is 22.2 Å². The summed E-state index contributed by atoms with van der Waals surface area (Å²) < 4.78 is 5.36. The van der Waals surface area contributed by atoms with Crippen LogP contribution in [0.3, 0.4) is 0 Å². The fourth-order valence-corrected chi connectivity index (χ4v) is 3.89. The minimum atomic E-state index is 0.222. The minimum Gasteiger partial charge on any atom is -0.497 e. The quantitative estimate of drug-likeness (QED) is 0.518. The van der Waals surface area contributed by atoms with Gasteiger partial charge in [0.25, 0.3) is 0 Å². The molecule has 1 fully saturated rings. The monoisotopic (exact) mass is 393 g/mol. The Morgan fingerprint density at radius 1 is 1.03 bits per heavy atom. The second-order valence-electron chi connectivity index (χ2n) is 7.29. The summed E-state index contributed by atoms with van der Waals surface area (Å²) in [4.78, 5) is 16.1. The van der Waals surface area contributed by atoms with E-state index in [-0.39, 0.29) is 5.92 Å². The van der Waals surface area contributed by atoms with Crippen LogP contribution in [-0.4, -0.2) is 35.2 Å². The van der Waals surface area contributed by atoms with Crippen molar-refractivity contribution >= 4 is 16.7 Å². The van der Waals surface area contributed by atoms with Crippen LogP contribution in [0.1, 0.15) is 17.2 Å². The highest BCUT2D eigenvalue weighted by Gasteiger charge is 2.34. The molecule has 0 spiro atoms. The number of anilines is 1. The molecule has 30 heavy (non-hydrogen) atoms. The van der Waals surface area contributed by atoms with Gasteiger partial charge in [-0.15, -0.1) is 0 Å². The van der Waals surface area contributed by atoms with Crippen LogP contribution in [0.15, 0.2) is 67.0 Å². The first-order valence-corrected chi connectivity index (χ1v) is 9.77. The Kier molecular flexibility index (Phi) is 4.49. The molecule has 0 bridgehead atoms. The number of nitrogens with zero attached hydrogens (tertiary/aromatic N) is 5. The van der Waals surface area contributed by atoms with Gasteiger partial charge in [-0.1, -0.05) is 30.3 Å². The Labute approximate surface area is 174 Å². The number of hydrogen-bond acceptors (Lipinski definition) is 6. The smallest absolute Gasteiger partial charge is 0.147 e.